The summed E-state index contributed by atoms with van der Waals surface area (Å²) in [4.78, 5) is 25.7. The van der Waals surface area contributed by atoms with E-state index in [9.17, 15) is 9.59 Å². The van der Waals surface area contributed by atoms with Gasteiger partial charge in [-0.3, -0.25) is 13.7 Å². The second kappa shape index (κ2) is 7.78. The number of hydrogen-bond acceptors (Lipinski definition) is 2. The highest BCUT2D eigenvalue weighted by molar-refractivity contribution is 9.09. The van der Waals surface area contributed by atoms with Crippen LogP contribution in [0.3, 0.4) is 0 Å². The van der Waals surface area contributed by atoms with Gasteiger partial charge in [-0.15, -0.1) is 0 Å². The molecule has 0 unspecified atom stereocenters. The van der Waals surface area contributed by atoms with E-state index in [2.05, 4.69) is 20.9 Å². The molecule has 26 heavy (non-hydrogen) atoms. The third-order valence-electron chi connectivity index (χ3n) is 4.38. The molecule has 0 saturated heterocycles. The molecule has 2 aromatic carbocycles. The zero-order valence-corrected chi connectivity index (χ0v) is 16.4. The van der Waals surface area contributed by atoms with Gasteiger partial charge in [-0.05, 0) is 30.7 Å². The summed E-state index contributed by atoms with van der Waals surface area (Å²) in [5.74, 6) is 0. The summed E-state index contributed by atoms with van der Waals surface area (Å²) >= 11 is 3.38. The van der Waals surface area contributed by atoms with Crippen molar-refractivity contribution in [1.29, 1.82) is 0 Å². The molecule has 0 fully saturated rings. The molecular weight excluding hydrogens is 396 g/mol. The van der Waals surface area contributed by atoms with Crippen molar-refractivity contribution in [3.05, 3.63) is 69.5 Å². The largest absolute Gasteiger partial charge is 0.328 e. The van der Waals surface area contributed by atoms with Crippen LogP contribution in [0.5, 0.6) is 0 Å². The molecule has 0 spiro atoms. The van der Waals surface area contributed by atoms with Gasteiger partial charge < -0.3 is 4.98 Å². The van der Waals surface area contributed by atoms with Gasteiger partial charge in [-0.1, -0.05) is 40.2 Å². The average molecular weight is 417 g/mol. The van der Waals surface area contributed by atoms with Crippen molar-refractivity contribution in [2.75, 3.05) is 5.33 Å². The normalized spacial score (nSPS) is 10.9. The number of para-hydroxylation sites is 4. The lowest BCUT2D eigenvalue weighted by molar-refractivity contribution is 0.658. The Kier molecular flexibility index (Phi) is 5.46. The van der Waals surface area contributed by atoms with Crippen molar-refractivity contribution in [3.63, 3.8) is 0 Å². The number of fused-ring (bicyclic) bond motifs is 2. The molecule has 0 saturated carbocycles. The zero-order valence-electron chi connectivity index (χ0n) is 14.8. The van der Waals surface area contributed by atoms with Crippen molar-refractivity contribution in [3.8, 4) is 0 Å². The number of alkyl halides is 1. The van der Waals surface area contributed by atoms with Crippen molar-refractivity contribution in [2.45, 2.75) is 13.0 Å². The first kappa shape index (κ1) is 18.3. The Hall–Kier alpha value is -2.54. The van der Waals surface area contributed by atoms with Gasteiger partial charge in [0.1, 0.15) is 0 Å². The fourth-order valence-corrected chi connectivity index (χ4v) is 3.23. The van der Waals surface area contributed by atoms with Crippen LogP contribution in [-0.4, -0.2) is 24.0 Å². The number of aromatic nitrogens is 4. The molecular formula is C19H21BrN4O2. The molecule has 0 aliphatic heterocycles. The maximum absolute atomic E-state index is 11.9. The number of benzene rings is 2. The topological polar surface area (TPSA) is 64.7 Å². The summed E-state index contributed by atoms with van der Waals surface area (Å²) in [7, 11) is 3.57. The maximum Gasteiger partial charge on any atom is 0.328 e. The second-order valence-electron chi connectivity index (χ2n) is 6.03. The highest BCUT2D eigenvalue weighted by Crippen LogP contribution is 2.11. The number of halogens is 1. The number of nitrogens with one attached hydrogen (secondary N) is 1. The van der Waals surface area contributed by atoms with Gasteiger partial charge in [0.15, 0.2) is 0 Å². The summed E-state index contributed by atoms with van der Waals surface area (Å²) in [5, 5.41) is 0.919. The number of H-pyrrole nitrogens is 1. The molecule has 0 amide bonds. The highest BCUT2D eigenvalue weighted by atomic mass is 79.9. The van der Waals surface area contributed by atoms with Crippen LogP contribution < -0.4 is 11.4 Å². The molecule has 7 heteroatoms. The highest BCUT2D eigenvalue weighted by Gasteiger charge is 2.08. The predicted octanol–water partition coefficient (Wildman–Crippen LogP) is 2.99. The number of hydrogen-bond donors (Lipinski definition) is 1. The first-order valence-electron chi connectivity index (χ1n) is 8.38. The number of nitrogens with zero attached hydrogens (tertiary/aromatic N) is 3. The molecule has 4 aromatic rings. The molecule has 0 radical (unpaired) electrons. The zero-order chi connectivity index (χ0) is 18.7. The van der Waals surface area contributed by atoms with Crippen molar-refractivity contribution in [1.82, 2.24) is 18.7 Å². The number of rotatable bonds is 3. The Morgan fingerprint density at radius 1 is 0.885 bits per heavy atom. The van der Waals surface area contributed by atoms with E-state index < -0.39 is 0 Å². The van der Waals surface area contributed by atoms with Crippen LogP contribution in [0.25, 0.3) is 22.1 Å². The lowest BCUT2D eigenvalue weighted by Gasteiger charge is -1.99. The standard InChI is InChI=1S/C11H13BrN2O.C8H8N2O/c1-13-9-5-2-3-6-10(9)14(11(13)15)8-4-7-12;1-10-7-5-3-2-4-6(7)9-8(10)11/h2-3,5-6H,4,7-8H2,1H3;2-5H,1H3,(H,9,11). The summed E-state index contributed by atoms with van der Waals surface area (Å²) in [6, 6.07) is 15.5. The third-order valence-corrected chi connectivity index (χ3v) is 4.94. The molecule has 0 bridgehead atoms. The van der Waals surface area contributed by atoms with Crippen LogP contribution in [-0.2, 0) is 20.6 Å². The molecule has 1 N–H and O–H groups in total. The molecule has 0 atom stereocenters. The monoisotopic (exact) mass is 416 g/mol. The van der Waals surface area contributed by atoms with E-state index in [4.69, 9.17) is 0 Å². The Balaban J connectivity index is 0.000000158. The summed E-state index contributed by atoms with van der Waals surface area (Å²) in [6.45, 7) is 0.769. The fourth-order valence-electron chi connectivity index (χ4n) is 2.98. The van der Waals surface area contributed by atoms with Gasteiger partial charge in [0, 0.05) is 26.0 Å². The van der Waals surface area contributed by atoms with E-state index in [0.29, 0.717) is 0 Å². The minimum absolute atomic E-state index is 0.0637. The van der Waals surface area contributed by atoms with E-state index in [-0.39, 0.29) is 11.4 Å². The molecule has 2 heterocycles. The van der Waals surface area contributed by atoms with Crippen LogP contribution in [0.1, 0.15) is 6.42 Å². The van der Waals surface area contributed by atoms with Crippen LogP contribution in [0, 0.1) is 0 Å². The van der Waals surface area contributed by atoms with E-state index in [1.165, 1.54) is 0 Å². The smallest absolute Gasteiger partial charge is 0.306 e. The maximum atomic E-state index is 11.9. The molecule has 0 aliphatic rings. The van der Waals surface area contributed by atoms with Gasteiger partial charge in [0.25, 0.3) is 0 Å². The Morgan fingerprint density at radius 2 is 1.50 bits per heavy atom. The average Bonchev–Trinajstić information content (AvgIpc) is 3.09. The molecule has 2 aromatic heterocycles. The second-order valence-corrected chi connectivity index (χ2v) is 6.82. The fraction of sp³-hybridized carbons (Fsp3) is 0.263. The Labute approximate surface area is 158 Å². The minimum atomic E-state index is -0.0637. The van der Waals surface area contributed by atoms with Crippen molar-refractivity contribution >= 4 is 38.0 Å². The lowest BCUT2D eigenvalue weighted by Crippen LogP contribution is -2.22. The first-order valence-corrected chi connectivity index (χ1v) is 9.50. The van der Waals surface area contributed by atoms with Gasteiger partial charge in [-0.2, -0.15) is 0 Å². The summed E-state index contributed by atoms with van der Waals surface area (Å²) in [6.07, 6.45) is 0.966. The van der Waals surface area contributed by atoms with Gasteiger partial charge in [0.05, 0.1) is 22.1 Å². The number of imidazole rings is 2. The molecule has 136 valence electrons. The van der Waals surface area contributed by atoms with Crippen LogP contribution in [0.2, 0.25) is 0 Å². The van der Waals surface area contributed by atoms with Crippen molar-refractivity contribution < 1.29 is 0 Å². The van der Waals surface area contributed by atoms with Gasteiger partial charge >= 0.3 is 11.4 Å². The quantitative estimate of drug-likeness (QED) is 0.521. The first-order chi connectivity index (χ1) is 12.5. The lowest BCUT2D eigenvalue weighted by atomic mass is 10.3. The Morgan fingerprint density at radius 3 is 2.15 bits per heavy atom. The third kappa shape index (κ3) is 3.39. The SMILES string of the molecule is Cn1c(=O)[nH]c2ccccc21.Cn1c(=O)n(CCCBr)c2ccccc21. The van der Waals surface area contributed by atoms with E-state index in [0.717, 1.165) is 40.4 Å². The number of aromatic amines is 1. The van der Waals surface area contributed by atoms with E-state index in [1.54, 1.807) is 16.2 Å². The molecule has 0 aliphatic carbocycles. The molecule has 6 nitrogen and oxygen atoms in total. The van der Waals surface area contributed by atoms with Crippen LogP contribution in [0.4, 0.5) is 0 Å². The Bertz CT molecular complexity index is 1150. The minimum Gasteiger partial charge on any atom is -0.306 e. The summed E-state index contributed by atoms with van der Waals surface area (Å²) in [5.41, 5.74) is 3.85. The van der Waals surface area contributed by atoms with Crippen LogP contribution in [0.15, 0.2) is 58.1 Å². The van der Waals surface area contributed by atoms with Gasteiger partial charge in [-0.25, -0.2) is 9.59 Å². The predicted molar refractivity (Wildman–Crippen MR) is 109 cm³/mol. The molecule has 4 rings (SSSR count). The summed E-state index contributed by atoms with van der Waals surface area (Å²) < 4.78 is 5.12. The van der Waals surface area contributed by atoms with Crippen molar-refractivity contribution in [2.24, 2.45) is 14.1 Å². The van der Waals surface area contributed by atoms with Crippen LogP contribution >= 0.6 is 15.9 Å². The van der Waals surface area contributed by atoms with E-state index in [1.807, 2.05) is 60.1 Å². The number of aryl methyl sites for hydroxylation is 3. The van der Waals surface area contributed by atoms with Gasteiger partial charge in [0.2, 0.25) is 0 Å². The van der Waals surface area contributed by atoms with E-state index >= 15 is 0 Å².